The Bertz CT molecular complexity index is 977. The summed E-state index contributed by atoms with van der Waals surface area (Å²) in [4.78, 5) is 25.8. The SMILES string of the molecule is Cc1nsc(N2CCN(c3ccc4c(=O)n(CCO)cnc4c3)CC2)n1. The van der Waals surface area contributed by atoms with Crippen LogP contribution in [0.3, 0.4) is 0 Å². The summed E-state index contributed by atoms with van der Waals surface area (Å²) in [6, 6.07) is 5.76. The molecular formula is C17H20N6O2S. The number of nitrogens with zero attached hydrogens (tertiary/aromatic N) is 6. The summed E-state index contributed by atoms with van der Waals surface area (Å²) < 4.78 is 5.69. The lowest BCUT2D eigenvalue weighted by atomic mass is 10.2. The molecule has 1 aromatic carbocycles. The molecule has 1 aliphatic rings. The number of aliphatic hydroxyl groups is 1. The smallest absolute Gasteiger partial charge is 0.261 e. The van der Waals surface area contributed by atoms with Gasteiger partial charge in [-0.15, -0.1) is 0 Å². The van der Waals surface area contributed by atoms with E-state index in [-0.39, 0.29) is 18.7 Å². The minimum Gasteiger partial charge on any atom is -0.395 e. The lowest BCUT2D eigenvalue weighted by Gasteiger charge is -2.35. The zero-order valence-electron chi connectivity index (χ0n) is 14.5. The van der Waals surface area contributed by atoms with Crippen LogP contribution in [0.2, 0.25) is 0 Å². The van der Waals surface area contributed by atoms with Crippen molar-refractivity contribution in [3.63, 3.8) is 0 Å². The van der Waals surface area contributed by atoms with E-state index in [1.165, 1.54) is 22.4 Å². The average Bonchev–Trinajstić information content (AvgIpc) is 3.10. The van der Waals surface area contributed by atoms with Crippen LogP contribution in [0, 0.1) is 6.92 Å². The highest BCUT2D eigenvalue weighted by molar-refractivity contribution is 7.09. The first-order valence-corrected chi connectivity index (χ1v) is 9.33. The van der Waals surface area contributed by atoms with Gasteiger partial charge in [-0.05, 0) is 25.1 Å². The van der Waals surface area contributed by atoms with E-state index in [1.807, 2.05) is 25.1 Å². The van der Waals surface area contributed by atoms with Crippen LogP contribution in [-0.4, -0.2) is 56.8 Å². The molecule has 0 radical (unpaired) electrons. The molecule has 0 amide bonds. The van der Waals surface area contributed by atoms with Gasteiger partial charge in [-0.3, -0.25) is 9.36 Å². The molecule has 1 saturated heterocycles. The largest absolute Gasteiger partial charge is 0.395 e. The van der Waals surface area contributed by atoms with Crippen molar-refractivity contribution in [3.05, 3.63) is 40.7 Å². The summed E-state index contributed by atoms with van der Waals surface area (Å²) in [6.45, 7) is 5.63. The van der Waals surface area contributed by atoms with Gasteiger partial charge in [0, 0.05) is 43.4 Å². The van der Waals surface area contributed by atoms with Crippen LogP contribution >= 0.6 is 11.5 Å². The van der Waals surface area contributed by atoms with E-state index in [4.69, 9.17) is 5.11 Å². The molecule has 2 aromatic heterocycles. The van der Waals surface area contributed by atoms with Crippen LogP contribution in [0.5, 0.6) is 0 Å². The molecule has 4 rings (SSSR count). The third-order valence-corrected chi connectivity index (χ3v) is 5.45. The molecule has 0 aliphatic carbocycles. The van der Waals surface area contributed by atoms with Crippen LogP contribution in [0.1, 0.15) is 5.82 Å². The molecule has 1 aliphatic heterocycles. The number of piperazine rings is 1. The number of benzene rings is 1. The molecule has 3 heterocycles. The van der Waals surface area contributed by atoms with Gasteiger partial charge in [0.1, 0.15) is 5.82 Å². The van der Waals surface area contributed by atoms with Gasteiger partial charge in [-0.1, -0.05) is 0 Å². The normalized spacial score (nSPS) is 15.0. The third-order valence-electron chi connectivity index (χ3n) is 4.58. The highest BCUT2D eigenvalue weighted by Gasteiger charge is 2.20. The van der Waals surface area contributed by atoms with Crippen molar-refractivity contribution in [2.45, 2.75) is 13.5 Å². The number of hydrogen-bond donors (Lipinski definition) is 1. The maximum atomic E-state index is 12.4. The van der Waals surface area contributed by atoms with Crippen LogP contribution in [0.25, 0.3) is 10.9 Å². The topological polar surface area (TPSA) is 87.4 Å². The number of fused-ring (bicyclic) bond motifs is 1. The first kappa shape index (κ1) is 16.9. The number of anilines is 2. The average molecular weight is 372 g/mol. The van der Waals surface area contributed by atoms with Crippen molar-refractivity contribution in [1.29, 1.82) is 0 Å². The predicted octanol–water partition coefficient (Wildman–Crippen LogP) is 0.875. The Morgan fingerprint density at radius 3 is 2.65 bits per heavy atom. The van der Waals surface area contributed by atoms with E-state index in [0.29, 0.717) is 10.9 Å². The summed E-state index contributed by atoms with van der Waals surface area (Å²) >= 11 is 1.44. The zero-order valence-corrected chi connectivity index (χ0v) is 15.3. The first-order valence-electron chi connectivity index (χ1n) is 8.56. The lowest BCUT2D eigenvalue weighted by molar-refractivity contribution is 0.274. The lowest BCUT2D eigenvalue weighted by Crippen LogP contribution is -2.46. The quantitative estimate of drug-likeness (QED) is 0.727. The maximum Gasteiger partial charge on any atom is 0.261 e. The van der Waals surface area contributed by atoms with Crippen LogP contribution in [-0.2, 0) is 6.54 Å². The van der Waals surface area contributed by atoms with Gasteiger partial charge in [0.25, 0.3) is 5.56 Å². The summed E-state index contributed by atoms with van der Waals surface area (Å²) in [5, 5.41) is 10.6. The Morgan fingerprint density at radius 2 is 1.96 bits per heavy atom. The van der Waals surface area contributed by atoms with Crippen molar-refractivity contribution in [2.75, 3.05) is 42.6 Å². The monoisotopic (exact) mass is 372 g/mol. The molecule has 136 valence electrons. The predicted molar refractivity (Wildman–Crippen MR) is 102 cm³/mol. The summed E-state index contributed by atoms with van der Waals surface area (Å²) in [5.74, 6) is 0.819. The van der Waals surface area contributed by atoms with Gasteiger partial charge in [0.2, 0.25) is 5.13 Å². The molecule has 0 unspecified atom stereocenters. The number of aromatic nitrogens is 4. The molecule has 9 heteroatoms. The van der Waals surface area contributed by atoms with Gasteiger partial charge in [0.05, 0.1) is 30.4 Å². The van der Waals surface area contributed by atoms with Crippen LogP contribution in [0.15, 0.2) is 29.3 Å². The van der Waals surface area contributed by atoms with E-state index in [0.717, 1.165) is 42.8 Å². The van der Waals surface area contributed by atoms with Gasteiger partial charge in [0.15, 0.2) is 0 Å². The Kier molecular flexibility index (Phi) is 4.56. The van der Waals surface area contributed by atoms with Crippen molar-refractivity contribution in [1.82, 2.24) is 18.9 Å². The Morgan fingerprint density at radius 1 is 1.19 bits per heavy atom. The van der Waals surface area contributed by atoms with Crippen LogP contribution < -0.4 is 15.4 Å². The van der Waals surface area contributed by atoms with Gasteiger partial charge in [-0.25, -0.2) is 9.97 Å². The second kappa shape index (κ2) is 7.00. The second-order valence-electron chi connectivity index (χ2n) is 6.27. The van der Waals surface area contributed by atoms with Gasteiger partial charge >= 0.3 is 0 Å². The van der Waals surface area contributed by atoms with Crippen molar-refractivity contribution < 1.29 is 5.11 Å². The van der Waals surface area contributed by atoms with Gasteiger partial charge < -0.3 is 14.9 Å². The molecule has 0 atom stereocenters. The van der Waals surface area contributed by atoms with Crippen molar-refractivity contribution in [3.8, 4) is 0 Å². The fourth-order valence-electron chi connectivity index (χ4n) is 3.18. The molecule has 0 bridgehead atoms. The Hall–Kier alpha value is -2.52. The zero-order chi connectivity index (χ0) is 18.1. The first-order chi connectivity index (χ1) is 12.7. The molecular weight excluding hydrogens is 352 g/mol. The highest BCUT2D eigenvalue weighted by Crippen LogP contribution is 2.23. The molecule has 1 fully saturated rings. The molecule has 26 heavy (non-hydrogen) atoms. The summed E-state index contributed by atoms with van der Waals surface area (Å²) in [5.41, 5.74) is 1.63. The minimum absolute atomic E-state index is 0.0798. The number of aryl methyl sites for hydroxylation is 1. The van der Waals surface area contributed by atoms with E-state index >= 15 is 0 Å². The second-order valence-corrected chi connectivity index (χ2v) is 7.00. The molecule has 8 nitrogen and oxygen atoms in total. The number of hydrogen-bond acceptors (Lipinski definition) is 8. The fourth-order valence-corrected chi connectivity index (χ4v) is 3.91. The summed E-state index contributed by atoms with van der Waals surface area (Å²) in [7, 11) is 0. The van der Waals surface area contributed by atoms with E-state index in [2.05, 4.69) is 24.1 Å². The fraction of sp³-hybridized carbons (Fsp3) is 0.412. The number of aliphatic hydroxyl groups excluding tert-OH is 1. The van der Waals surface area contributed by atoms with Crippen molar-refractivity contribution >= 4 is 33.3 Å². The highest BCUT2D eigenvalue weighted by atomic mass is 32.1. The Labute approximate surface area is 154 Å². The van der Waals surface area contributed by atoms with E-state index in [9.17, 15) is 4.79 Å². The molecule has 3 aromatic rings. The third kappa shape index (κ3) is 3.15. The van der Waals surface area contributed by atoms with Crippen LogP contribution in [0.4, 0.5) is 10.8 Å². The minimum atomic E-state index is -0.118. The van der Waals surface area contributed by atoms with Crippen molar-refractivity contribution in [2.24, 2.45) is 0 Å². The standard InChI is InChI=1S/C17H20N6O2S/c1-12-19-17(26-20-12)22-6-4-21(5-7-22)13-2-3-14-15(10-13)18-11-23(8-9-24)16(14)25/h2-3,10-11,24H,4-9H2,1H3. The molecule has 0 spiro atoms. The maximum absolute atomic E-state index is 12.4. The number of rotatable bonds is 4. The molecule has 1 N–H and O–H groups in total. The van der Waals surface area contributed by atoms with Gasteiger partial charge in [-0.2, -0.15) is 4.37 Å². The van der Waals surface area contributed by atoms with E-state index < -0.39 is 0 Å². The Balaban J connectivity index is 1.52. The summed E-state index contributed by atoms with van der Waals surface area (Å²) in [6.07, 6.45) is 1.50. The van der Waals surface area contributed by atoms with E-state index in [1.54, 1.807) is 0 Å². The molecule has 0 saturated carbocycles.